The summed E-state index contributed by atoms with van der Waals surface area (Å²) >= 11 is 6.41. The van der Waals surface area contributed by atoms with Crippen LogP contribution in [0, 0.1) is 5.92 Å². The molecule has 0 saturated heterocycles. The Morgan fingerprint density at radius 3 is 2.56 bits per heavy atom. The molecule has 0 bridgehead atoms. The third-order valence-corrected chi connectivity index (χ3v) is 6.35. The number of nitrogens with one attached hydrogen (secondary N) is 1. The predicted octanol–water partition coefficient (Wildman–Crippen LogP) is 1.96. The van der Waals surface area contributed by atoms with Crippen molar-refractivity contribution in [3.8, 4) is 17.2 Å². The summed E-state index contributed by atoms with van der Waals surface area (Å²) in [6.07, 6.45) is 0.224. The van der Waals surface area contributed by atoms with Gasteiger partial charge in [0.2, 0.25) is 23.1 Å². The van der Waals surface area contributed by atoms with Crippen LogP contribution in [0.25, 0.3) is 11.0 Å². The van der Waals surface area contributed by atoms with E-state index in [9.17, 15) is 14.4 Å². The zero-order chi connectivity index (χ0) is 22.9. The number of aromatic amines is 1. The molecule has 0 amide bonds. The van der Waals surface area contributed by atoms with Crippen molar-refractivity contribution < 1.29 is 23.8 Å². The Hall–Kier alpha value is -3.66. The van der Waals surface area contributed by atoms with Crippen molar-refractivity contribution in [1.82, 2.24) is 15.0 Å². The van der Waals surface area contributed by atoms with Crippen molar-refractivity contribution in [2.24, 2.45) is 5.92 Å². The van der Waals surface area contributed by atoms with Gasteiger partial charge in [-0.05, 0) is 12.5 Å². The molecule has 0 radical (unpaired) electrons. The van der Waals surface area contributed by atoms with Crippen LogP contribution in [0.5, 0.6) is 17.2 Å². The van der Waals surface area contributed by atoms with E-state index in [1.165, 1.54) is 26.4 Å². The SMILES string of the molecule is COc1cc(OC)c2c(c1Cl)OC1(C(=O)c3cc4c(=O)[nH]c(N)nc4nc3CC1C)C2=O. The smallest absolute Gasteiger partial charge is 0.261 e. The minimum Gasteiger partial charge on any atom is -0.496 e. The van der Waals surface area contributed by atoms with Crippen molar-refractivity contribution in [3.05, 3.63) is 44.3 Å². The number of carbonyl (C=O) groups excluding carboxylic acids is 2. The summed E-state index contributed by atoms with van der Waals surface area (Å²) in [5, 5.41) is 0.142. The summed E-state index contributed by atoms with van der Waals surface area (Å²) in [5.41, 5.74) is 3.90. The number of carbonyl (C=O) groups is 2. The molecule has 10 nitrogen and oxygen atoms in total. The van der Waals surface area contributed by atoms with Gasteiger partial charge in [0.05, 0.1) is 25.3 Å². The number of benzene rings is 1. The quantitative estimate of drug-likeness (QED) is 0.552. The normalized spacial score (nSPS) is 21.4. The molecule has 1 aromatic carbocycles. The zero-order valence-corrected chi connectivity index (χ0v) is 18.0. The monoisotopic (exact) mass is 456 g/mol. The lowest BCUT2D eigenvalue weighted by atomic mass is 9.71. The molecule has 3 N–H and O–H groups in total. The van der Waals surface area contributed by atoms with Crippen LogP contribution in [-0.2, 0) is 6.42 Å². The van der Waals surface area contributed by atoms with Crippen LogP contribution in [-0.4, -0.2) is 46.3 Å². The highest BCUT2D eigenvalue weighted by atomic mass is 35.5. The van der Waals surface area contributed by atoms with Gasteiger partial charge in [0.25, 0.3) is 5.56 Å². The summed E-state index contributed by atoms with van der Waals surface area (Å²) in [5.74, 6) is -1.41. The minimum atomic E-state index is -1.87. The first-order valence-corrected chi connectivity index (χ1v) is 10.0. The number of nitrogens with zero attached hydrogens (tertiary/aromatic N) is 2. The second-order valence-corrected chi connectivity index (χ2v) is 8.08. The van der Waals surface area contributed by atoms with Crippen molar-refractivity contribution in [2.45, 2.75) is 18.9 Å². The van der Waals surface area contributed by atoms with Crippen LogP contribution in [0.4, 0.5) is 5.95 Å². The fourth-order valence-electron chi connectivity index (χ4n) is 4.40. The van der Waals surface area contributed by atoms with E-state index in [-0.39, 0.29) is 56.8 Å². The molecular weight excluding hydrogens is 440 g/mol. The van der Waals surface area contributed by atoms with Gasteiger partial charge in [0, 0.05) is 17.5 Å². The lowest BCUT2D eigenvalue weighted by Crippen LogP contribution is -2.56. The molecule has 0 saturated carbocycles. The maximum Gasteiger partial charge on any atom is 0.261 e. The van der Waals surface area contributed by atoms with Crippen LogP contribution < -0.4 is 25.5 Å². The Morgan fingerprint density at radius 1 is 1.16 bits per heavy atom. The first-order valence-electron chi connectivity index (χ1n) is 9.65. The lowest BCUT2D eigenvalue weighted by molar-refractivity contribution is 0.0257. The molecule has 11 heteroatoms. The van der Waals surface area contributed by atoms with E-state index in [2.05, 4.69) is 15.0 Å². The van der Waals surface area contributed by atoms with Crippen LogP contribution in [0.2, 0.25) is 5.02 Å². The Balaban J connectivity index is 1.73. The number of halogens is 1. The summed E-state index contributed by atoms with van der Waals surface area (Å²) in [6, 6.07) is 2.84. The summed E-state index contributed by atoms with van der Waals surface area (Å²) < 4.78 is 16.7. The number of hydrogen-bond acceptors (Lipinski definition) is 9. The van der Waals surface area contributed by atoms with Gasteiger partial charge in [0.15, 0.2) is 11.4 Å². The fourth-order valence-corrected chi connectivity index (χ4v) is 4.67. The van der Waals surface area contributed by atoms with Crippen molar-refractivity contribution in [3.63, 3.8) is 0 Å². The number of pyridine rings is 1. The number of ether oxygens (including phenoxy) is 3. The molecule has 32 heavy (non-hydrogen) atoms. The molecule has 5 rings (SSSR count). The van der Waals surface area contributed by atoms with Crippen molar-refractivity contribution in [2.75, 3.05) is 20.0 Å². The number of anilines is 1. The van der Waals surface area contributed by atoms with Gasteiger partial charge in [0.1, 0.15) is 22.1 Å². The Bertz CT molecular complexity index is 1420. The molecule has 1 aliphatic carbocycles. The van der Waals surface area contributed by atoms with E-state index in [0.29, 0.717) is 5.69 Å². The molecule has 1 aliphatic heterocycles. The number of Topliss-reactive ketones (excluding diaryl/α,β-unsaturated/α-hetero) is 2. The zero-order valence-electron chi connectivity index (χ0n) is 17.2. The third-order valence-electron chi connectivity index (χ3n) is 5.99. The Labute approximate surface area is 185 Å². The number of H-pyrrole nitrogens is 1. The number of hydrogen-bond donors (Lipinski definition) is 2. The average molecular weight is 457 g/mol. The molecule has 1 spiro atoms. The molecule has 3 aromatic rings. The Morgan fingerprint density at radius 2 is 1.88 bits per heavy atom. The molecule has 3 heterocycles. The Kier molecular flexibility index (Phi) is 4.22. The van der Waals surface area contributed by atoms with Crippen LogP contribution >= 0.6 is 11.6 Å². The molecule has 2 atom stereocenters. The van der Waals surface area contributed by atoms with E-state index >= 15 is 0 Å². The van der Waals surface area contributed by atoms with Gasteiger partial charge in [-0.3, -0.25) is 19.4 Å². The average Bonchev–Trinajstić information content (AvgIpc) is 3.07. The lowest BCUT2D eigenvalue weighted by Gasteiger charge is -2.36. The summed E-state index contributed by atoms with van der Waals surface area (Å²) in [4.78, 5) is 50.6. The van der Waals surface area contributed by atoms with Gasteiger partial charge in [-0.15, -0.1) is 0 Å². The van der Waals surface area contributed by atoms with Gasteiger partial charge in [-0.1, -0.05) is 18.5 Å². The van der Waals surface area contributed by atoms with Crippen LogP contribution in [0.3, 0.4) is 0 Å². The van der Waals surface area contributed by atoms with Crippen molar-refractivity contribution >= 4 is 40.1 Å². The van der Waals surface area contributed by atoms with E-state index < -0.39 is 28.6 Å². The third kappa shape index (κ3) is 2.44. The van der Waals surface area contributed by atoms with Gasteiger partial charge in [-0.2, -0.15) is 4.98 Å². The van der Waals surface area contributed by atoms with E-state index in [1.54, 1.807) is 6.92 Å². The van der Waals surface area contributed by atoms with Gasteiger partial charge < -0.3 is 19.9 Å². The fraction of sp³-hybridized carbons (Fsp3) is 0.286. The number of methoxy groups -OCH3 is 2. The number of aromatic nitrogens is 3. The number of rotatable bonds is 2. The molecule has 164 valence electrons. The second-order valence-electron chi connectivity index (χ2n) is 7.71. The highest BCUT2D eigenvalue weighted by molar-refractivity contribution is 6.36. The van der Waals surface area contributed by atoms with Crippen molar-refractivity contribution in [1.29, 1.82) is 0 Å². The number of nitrogen functional groups attached to an aromatic ring is 1. The van der Waals surface area contributed by atoms with Gasteiger partial charge >= 0.3 is 0 Å². The topological polar surface area (TPSA) is 146 Å². The first-order chi connectivity index (χ1) is 15.2. The standard InChI is InChI=1S/C21H17ClN4O6/c1-7-4-10-8(5-9-18(24-10)25-20(23)26-19(9)29)16(27)21(7)17(28)13-11(30-2)6-12(31-3)14(22)15(13)32-21/h5-7H,4H2,1-3H3,(H3,23,24,25,26,29). The second kappa shape index (κ2) is 6.67. The first kappa shape index (κ1) is 20.3. The van der Waals surface area contributed by atoms with Crippen LogP contribution in [0.15, 0.2) is 16.9 Å². The largest absolute Gasteiger partial charge is 0.496 e. The molecule has 2 unspecified atom stereocenters. The highest BCUT2D eigenvalue weighted by Crippen LogP contribution is 2.53. The molecule has 2 aliphatic rings. The molecule has 2 aromatic heterocycles. The predicted molar refractivity (Wildman–Crippen MR) is 114 cm³/mol. The summed E-state index contributed by atoms with van der Waals surface area (Å²) in [7, 11) is 2.81. The number of fused-ring (bicyclic) bond motifs is 3. The van der Waals surface area contributed by atoms with Gasteiger partial charge in [-0.25, -0.2) is 4.98 Å². The molecular formula is C21H17ClN4O6. The van der Waals surface area contributed by atoms with E-state index in [4.69, 9.17) is 31.5 Å². The number of ketones is 2. The van der Waals surface area contributed by atoms with E-state index in [0.717, 1.165) is 0 Å². The number of nitrogens with two attached hydrogens (primary N) is 1. The molecule has 0 fully saturated rings. The maximum atomic E-state index is 13.8. The highest BCUT2D eigenvalue weighted by Gasteiger charge is 2.62. The summed E-state index contributed by atoms with van der Waals surface area (Å²) in [6.45, 7) is 1.72. The minimum absolute atomic E-state index is 0.0255. The van der Waals surface area contributed by atoms with Crippen LogP contribution in [0.1, 0.15) is 33.3 Å². The maximum absolute atomic E-state index is 13.8. The van der Waals surface area contributed by atoms with E-state index in [1.807, 2.05) is 0 Å².